The van der Waals surface area contributed by atoms with E-state index in [2.05, 4.69) is 9.97 Å². The van der Waals surface area contributed by atoms with Gasteiger partial charge in [0.05, 0.1) is 5.69 Å². The highest BCUT2D eigenvalue weighted by Crippen LogP contribution is 2.17. The van der Waals surface area contributed by atoms with Gasteiger partial charge in [0.1, 0.15) is 11.3 Å². The topological polar surface area (TPSA) is 56.2 Å². The van der Waals surface area contributed by atoms with Gasteiger partial charge in [-0.2, -0.15) is 0 Å². The molecule has 3 heterocycles. The van der Waals surface area contributed by atoms with Gasteiger partial charge in [-0.05, 0) is 18.2 Å². The zero-order valence-corrected chi connectivity index (χ0v) is 8.54. The highest BCUT2D eigenvalue weighted by Gasteiger charge is 2.04. The van der Waals surface area contributed by atoms with Crippen LogP contribution in [-0.2, 0) is 0 Å². The maximum Gasteiger partial charge on any atom is 0.139 e. The summed E-state index contributed by atoms with van der Waals surface area (Å²) < 4.78 is 1.93. The first-order valence-electron chi connectivity index (χ1n) is 4.98. The standard InChI is InChI=1S/C12H10N4/c13-9-4-6-16-8-11(15-12(16)7-9)10-3-1-2-5-14-10/h1-8H,13H2. The number of pyridine rings is 2. The lowest BCUT2D eigenvalue weighted by Gasteiger charge is -1.92. The lowest BCUT2D eigenvalue weighted by molar-refractivity contribution is 1.19. The van der Waals surface area contributed by atoms with Gasteiger partial charge in [-0.3, -0.25) is 4.98 Å². The largest absolute Gasteiger partial charge is 0.399 e. The molecule has 0 spiro atoms. The number of nitrogens with two attached hydrogens (primary N) is 1. The Bertz CT molecular complexity index is 628. The highest BCUT2D eigenvalue weighted by molar-refractivity contribution is 5.61. The lowest BCUT2D eigenvalue weighted by atomic mass is 10.3. The summed E-state index contributed by atoms with van der Waals surface area (Å²) >= 11 is 0. The van der Waals surface area contributed by atoms with E-state index in [1.54, 1.807) is 6.20 Å². The molecule has 0 aromatic carbocycles. The fraction of sp³-hybridized carbons (Fsp3) is 0. The third-order valence-corrected chi connectivity index (χ3v) is 2.41. The van der Waals surface area contributed by atoms with Crippen LogP contribution in [0, 0.1) is 0 Å². The van der Waals surface area contributed by atoms with Gasteiger partial charge in [-0.1, -0.05) is 6.07 Å². The second-order valence-electron chi connectivity index (χ2n) is 3.57. The van der Waals surface area contributed by atoms with Crippen LogP contribution in [0.5, 0.6) is 0 Å². The molecule has 0 amide bonds. The first-order valence-corrected chi connectivity index (χ1v) is 4.98. The average Bonchev–Trinajstić information content (AvgIpc) is 2.73. The van der Waals surface area contributed by atoms with Crippen LogP contribution in [0.15, 0.2) is 48.9 Å². The molecule has 3 rings (SSSR count). The molecule has 0 radical (unpaired) electrons. The molecule has 2 N–H and O–H groups in total. The zero-order chi connectivity index (χ0) is 11.0. The van der Waals surface area contributed by atoms with Gasteiger partial charge in [0.15, 0.2) is 0 Å². The van der Waals surface area contributed by atoms with Crippen molar-refractivity contribution in [3.8, 4) is 11.4 Å². The molecule has 0 unspecified atom stereocenters. The molecule has 3 aromatic rings. The van der Waals surface area contributed by atoms with E-state index in [0.717, 1.165) is 17.0 Å². The highest BCUT2D eigenvalue weighted by atomic mass is 15.0. The van der Waals surface area contributed by atoms with E-state index in [1.807, 2.05) is 47.1 Å². The number of nitrogen functional groups attached to an aromatic ring is 1. The lowest BCUT2D eigenvalue weighted by Crippen LogP contribution is -1.87. The fourth-order valence-electron chi connectivity index (χ4n) is 1.64. The molecule has 16 heavy (non-hydrogen) atoms. The third-order valence-electron chi connectivity index (χ3n) is 2.41. The zero-order valence-electron chi connectivity index (χ0n) is 8.54. The Morgan fingerprint density at radius 1 is 1.12 bits per heavy atom. The Morgan fingerprint density at radius 2 is 2.06 bits per heavy atom. The Labute approximate surface area is 92.4 Å². The monoisotopic (exact) mass is 210 g/mol. The summed E-state index contributed by atoms with van der Waals surface area (Å²) in [5, 5.41) is 0. The molecule has 3 aromatic heterocycles. The van der Waals surface area contributed by atoms with E-state index in [4.69, 9.17) is 5.73 Å². The van der Waals surface area contributed by atoms with Crippen LogP contribution in [0.4, 0.5) is 5.69 Å². The first-order chi connectivity index (χ1) is 7.83. The van der Waals surface area contributed by atoms with Crippen molar-refractivity contribution >= 4 is 11.3 Å². The van der Waals surface area contributed by atoms with Crippen molar-refractivity contribution in [3.63, 3.8) is 0 Å². The van der Waals surface area contributed by atoms with Crippen LogP contribution in [0.2, 0.25) is 0 Å². The minimum absolute atomic E-state index is 0.714. The maximum atomic E-state index is 5.70. The summed E-state index contributed by atoms with van der Waals surface area (Å²) in [7, 11) is 0. The average molecular weight is 210 g/mol. The first kappa shape index (κ1) is 8.91. The SMILES string of the molecule is Nc1ccn2cc(-c3ccccn3)nc2c1. The number of hydrogen-bond donors (Lipinski definition) is 1. The molecule has 0 aliphatic carbocycles. The van der Waals surface area contributed by atoms with Gasteiger partial charge in [-0.25, -0.2) is 4.98 Å². The van der Waals surface area contributed by atoms with Gasteiger partial charge in [0, 0.05) is 30.3 Å². The van der Waals surface area contributed by atoms with Gasteiger partial charge in [-0.15, -0.1) is 0 Å². The number of rotatable bonds is 1. The van der Waals surface area contributed by atoms with Crippen molar-refractivity contribution in [2.75, 3.05) is 5.73 Å². The van der Waals surface area contributed by atoms with Crippen LogP contribution in [0.25, 0.3) is 17.0 Å². The van der Waals surface area contributed by atoms with Crippen LogP contribution < -0.4 is 5.73 Å². The van der Waals surface area contributed by atoms with Crippen LogP contribution in [0.3, 0.4) is 0 Å². The van der Waals surface area contributed by atoms with E-state index < -0.39 is 0 Å². The third kappa shape index (κ3) is 1.40. The van der Waals surface area contributed by atoms with Crippen LogP contribution in [0.1, 0.15) is 0 Å². The quantitative estimate of drug-likeness (QED) is 0.668. The van der Waals surface area contributed by atoms with E-state index in [1.165, 1.54) is 0 Å². The number of hydrogen-bond acceptors (Lipinski definition) is 3. The normalized spacial score (nSPS) is 10.8. The Kier molecular flexibility index (Phi) is 1.86. The predicted molar refractivity (Wildman–Crippen MR) is 62.8 cm³/mol. The number of imidazole rings is 1. The number of fused-ring (bicyclic) bond motifs is 1. The molecular formula is C12H10N4. The van der Waals surface area contributed by atoms with Crippen molar-refractivity contribution < 1.29 is 0 Å². The van der Waals surface area contributed by atoms with Gasteiger partial charge in [0.25, 0.3) is 0 Å². The summed E-state index contributed by atoms with van der Waals surface area (Å²) in [4.78, 5) is 8.72. The van der Waals surface area contributed by atoms with E-state index in [0.29, 0.717) is 5.69 Å². The molecule has 4 nitrogen and oxygen atoms in total. The van der Waals surface area contributed by atoms with E-state index in [-0.39, 0.29) is 0 Å². The molecular weight excluding hydrogens is 200 g/mol. The second kappa shape index (κ2) is 3.34. The van der Waals surface area contributed by atoms with Gasteiger partial charge < -0.3 is 10.1 Å². The van der Waals surface area contributed by atoms with Crippen molar-refractivity contribution in [2.45, 2.75) is 0 Å². The van der Waals surface area contributed by atoms with Crippen molar-refractivity contribution in [2.24, 2.45) is 0 Å². The van der Waals surface area contributed by atoms with Crippen molar-refractivity contribution in [3.05, 3.63) is 48.9 Å². The number of anilines is 1. The summed E-state index contributed by atoms with van der Waals surface area (Å²) in [6.45, 7) is 0. The Balaban J connectivity index is 2.19. The van der Waals surface area contributed by atoms with Gasteiger partial charge >= 0.3 is 0 Å². The minimum Gasteiger partial charge on any atom is -0.399 e. The van der Waals surface area contributed by atoms with Crippen molar-refractivity contribution in [1.29, 1.82) is 0 Å². The second-order valence-corrected chi connectivity index (χ2v) is 3.57. The Hall–Kier alpha value is -2.36. The molecule has 0 fully saturated rings. The fourth-order valence-corrected chi connectivity index (χ4v) is 1.64. The Morgan fingerprint density at radius 3 is 2.88 bits per heavy atom. The molecule has 78 valence electrons. The predicted octanol–water partition coefficient (Wildman–Crippen LogP) is 1.98. The summed E-state index contributed by atoms with van der Waals surface area (Å²) in [5.74, 6) is 0. The summed E-state index contributed by atoms with van der Waals surface area (Å²) in [6.07, 6.45) is 5.59. The maximum absolute atomic E-state index is 5.70. The minimum atomic E-state index is 0.714. The molecule has 0 aliphatic rings. The molecule has 0 saturated carbocycles. The van der Waals surface area contributed by atoms with Crippen LogP contribution >= 0.6 is 0 Å². The van der Waals surface area contributed by atoms with E-state index in [9.17, 15) is 0 Å². The van der Waals surface area contributed by atoms with Gasteiger partial charge in [0.2, 0.25) is 0 Å². The number of aromatic nitrogens is 3. The summed E-state index contributed by atoms with van der Waals surface area (Å²) in [5.41, 5.74) is 8.97. The molecule has 4 heteroatoms. The molecule has 0 aliphatic heterocycles. The molecule has 0 saturated heterocycles. The number of nitrogens with zero attached hydrogens (tertiary/aromatic N) is 3. The summed E-state index contributed by atoms with van der Waals surface area (Å²) in [6, 6.07) is 9.45. The van der Waals surface area contributed by atoms with Crippen LogP contribution in [-0.4, -0.2) is 14.4 Å². The smallest absolute Gasteiger partial charge is 0.139 e. The van der Waals surface area contributed by atoms with Crippen molar-refractivity contribution in [1.82, 2.24) is 14.4 Å². The van der Waals surface area contributed by atoms with E-state index >= 15 is 0 Å². The molecule has 0 bridgehead atoms. The molecule has 0 atom stereocenters.